The van der Waals surface area contributed by atoms with Crippen molar-refractivity contribution >= 4 is 5.91 Å². The van der Waals surface area contributed by atoms with Gasteiger partial charge in [0.05, 0.1) is 5.92 Å². The molecule has 0 spiro atoms. The van der Waals surface area contributed by atoms with Crippen molar-refractivity contribution in [3.63, 3.8) is 0 Å². The summed E-state index contributed by atoms with van der Waals surface area (Å²) in [6.07, 6.45) is 0. The van der Waals surface area contributed by atoms with Crippen LogP contribution in [-0.2, 0) is 10.2 Å². The van der Waals surface area contributed by atoms with E-state index in [2.05, 4.69) is 45.0 Å². The maximum atomic E-state index is 12.3. The molecule has 20 heavy (non-hydrogen) atoms. The predicted octanol–water partition coefficient (Wildman–Crippen LogP) is 2.71. The number of hydrogen-bond donors (Lipinski definition) is 1. The Morgan fingerprint density at radius 3 is 2.20 bits per heavy atom. The van der Waals surface area contributed by atoms with E-state index in [0.29, 0.717) is 6.54 Å². The highest BCUT2D eigenvalue weighted by atomic mass is 16.2. The van der Waals surface area contributed by atoms with E-state index in [1.54, 1.807) is 4.90 Å². The molecule has 1 amide bonds. The number of likely N-dealkylation sites (N-methyl/N-ethyl adjacent to an activating group) is 1. The summed E-state index contributed by atoms with van der Waals surface area (Å²) in [5.74, 6) is -0.0333. The second-order valence-electron chi connectivity index (χ2n) is 6.59. The van der Waals surface area contributed by atoms with Crippen molar-refractivity contribution in [3.8, 4) is 0 Å². The minimum Gasteiger partial charge on any atom is -0.345 e. The summed E-state index contributed by atoms with van der Waals surface area (Å²) in [6, 6.07) is 8.39. The van der Waals surface area contributed by atoms with E-state index in [0.717, 1.165) is 0 Å². The van der Waals surface area contributed by atoms with Crippen LogP contribution in [0.15, 0.2) is 24.3 Å². The summed E-state index contributed by atoms with van der Waals surface area (Å²) in [4.78, 5) is 14.1. The normalized spacial score (nSPS) is 14.8. The van der Waals surface area contributed by atoms with Gasteiger partial charge in [0.15, 0.2) is 0 Å². The van der Waals surface area contributed by atoms with Gasteiger partial charge in [0, 0.05) is 25.0 Å². The van der Waals surface area contributed by atoms with E-state index < -0.39 is 0 Å². The molecule has 0 aliphatic carbocycles. The highest BCUT2D eigenvalue weighted by molar-refractivity contribution is 5.79. The number of nitrogens with two attached hydrogens (primary N) is 1. The van der Waals surface area contributed by atoms with Crippen molar-refractivity contribution in [2.45, 2.75) is 46.1 Å². The first-order chi connectivity index (χ1) is 9.15. The third kappa shape index (κ3) is 4.07. The molecule has 0 fully saturated rings. The standard InChI is InChI=1S/C17H28N2O/c1-12-7-9-15(10-8-12)17(4,5)11-19(6)16(20)13(2)14(3)18/h7-10,13-14H,11,18H2,1-6H3. The molecule has 0 aromatic heterocycles. The summed E-state index contributed by atoms with van der Waals surface area (Å²) in [7, 11) is 1.86. The molecular formula is C17H28N2O. The molecule has 0 saturated carbocycles. The number of carbonyl (C=O) groups is 1. The van der Waals surface area contributed by atoms with Gasteiger partial charge in [-0.25, -0.2) is 0 Å². The maximum absolute atomic E-state index is 12.3. The van der Waals surface area contributed by atoms with Crippen LogP contribution in [0.5, 0.6) is 0 Å². The number of hydrogen-bond acceptors (Lipinski definition) is 2. The van der Waals surface area contributed by atoms with Crippen LogP contribution in [0, 0.1) is 12.8 Å². The van der Waals surface area contributed by atoms with Crippen LogP contribution in [-0.4, -0.2) is 30.4 Å². The maximum Gasteiger partial charge on any atom is 0.226 e. The lowest BCUT2D eigenvalue weighted by molar-refractivity contribution is -0.134. The van der Waals surface area contributed by atoms with Crippen LogP contribution in [0.2, 0.25) is 0 Å². The topological polar surface area (TPSA) is 46.3 Å². The molecule has 0 radical (unpaired) electrons. The quantitative estimate of drug-likeness (QED) is 0.899. The highest BCUT2D eigenvalue weighted by Crippen LogP contribution is 2.25. The van der Waals surface area contributed by atoms with Gasteiger partial charge in [-0.3, -0.25) is 4.79 Å². The average Bonchev–Trinajstić information content (AvgIpc) is 2.36. The summed E-state index contributed by atoms with van der Waals surface area (Å²) < 4.78 is 0. The molecule has 3 heteroatoms. The van der Waals surface area contributed by atoms with Gasteiger partial charge in [-0.15, -0.1) is 0 Å². The van der Waals surface area contributed by atoms with Crippen LogP contribution in [0.4, 0.5) is 0 Å². The Bertz CT molecular complexity index is 449. The number of carbonyl (C=O) groups excluding carboxylic acids is 1. The lowest BCUT2D eigenvalue weighted by Crippen LogP contribution is -2.44. The molecule has 0 heterocycles. The minimum atomic E-state index is -0.145. The van der Waals surface area contributed by atoms with Crippen LogP contribution in [0.1, 0.15) is 38.8 Å². The van der Waals surface area contributed by atoms with Crippen LogP contribution in [0.25, 0.3) is 0 Å². The monoisotopic (exact) mass is 276 g/mol. The average molecular weight is 276 g/mol. The molecular weight excluding hydrogens is 248 g/mol. The number of nitrogens with zero attached hydrogens (tertiary/aromatic N) is 1. The van der Waals surface area contributed by atoms with E-state index in [4.69, 9.17) is 5.73 Å². The highest BCUT2D eigenvalue weighted by Gasteiger charge is 2.27. The van der Waals surface area contributed by atoms with Crippen LogP contribution in [0.3, 0.4) is 0 Å². The molecule has 2 atom stereocenters. The minimum absolute atomic E-state index is 0.0737. The summed E-state index contributed by atoms with van der Waals surface area (Å²) >= 11 is 0. The molecule has 1 aromatic rings. The van der Waals surface area contributed by atoms with Gasteiger partial charge >= 0.3 is 0 Å². The molecule has 0 aliphatic rings. The van der Waals surface area contributed by atoms with E-state index in [9.17, 15) is 4.79 Å². The molecule has 112 valence electrons. The lowest BCUT2D eigenvalue weighted by Gasteiger charge is -2.33. The fourth-order valence-electron chi connectivity index (χ4n) is 2.34. The van der Waals surface area contributed by atoms with Crippen LogP contribution >= 0.6 is 0 Å². The van der Waals surface area contributed by atoms with Gasteiger partial charge in [0.25, 0.3) is 0 Å². The molecule has 3 nitrogen and oxygen atoms in total. The Labute approximate surface area is 123 Å². The second-order valence-corrected chi connectivity index (χ2v) is 6.59. The van der Waals surface area contributed by atoms with E-state index in [-0.39, 0.29) is 23.3 Å². The van der Waals surface area contributed by atoms with Crippen molar-refractivity contribution in [1.29, 1.82) is 0 Å². The Hall–Kier alpha value is -1.35. The third-order valence-corrected chi connectivity index (χ3v) is 4.02. The first-order valence-corrected chi connectivity index (χ1v) is 7.23. The van der Waals surface area contributed by atoms with Crippen molar-refractivity contribution in [3.05, 3.63) is 35.4 Å². The smallest absolute Gasteiger partial charge is 0.226 e. The Morgan fingerprint density at radius 2 is 1.75 bits per heavy atom. The summed E-state index contributed by atoms with van der Waals surface area (Å²) in [6.45, 7) is 10.9. The molecule has 0 aliphatic heterocycles. The Morgan fingerprint density at radius 1 is 1.25 bits per heavy atom. The van der Waals surface area contributed by atoms with Crippen molar-refractivity contribution in [2.75, 3.05) is 13.6 Å². The summed E-state index contributed by atoms with van der Waals surface area (Å²) in [5.41, 5.74) is 8.24. The number of aryl methyl sites for hydroxylation is 1. The molecule has 2 N–H and O–H groups in total. The second kappa shape index (κ2) is 6.40. The number of rotatable bonds is 5. The van der Waals surface area contributed by atoms with Gasteiger partial charge in [0.1, 0.15) is 0 Å². The fourth-order valence-corrected chi connectivity index (χ4v) is 2.34. The lowest BCUT2D eigenvalue weighted by atomic mass is 9.83. The third-order valence-electron chi connectivity index (χ3n) is 4.02. The number of amides is 1. The summed E-state index contributed by atoms with van der Waals surface area (Å²) in [5, 5.41) is 0. The molecule has 0 saturated heterocycles. The molecule has 1 rings (SSSR count). The molecule has 1 aromatic carbocycles. The van der Waals surface area contributed by atoms with Gasteiger partial charge in [-0.05, 0) is 19.4 Å². The van der Waals surface area contributed by atoms with Crippen molar-refractivity contribution < 1.29 is 4.79 Å². The van der Waals surface area contributed by atoms with E-state index in [1.807, 2.05) is 20.9 Å². The van der Waals surface area contributed by atoms with Gasteiger partial charge in [-0.1, -0.05) is 50.6 Å². The number of benzene rings is 1. The van der Waals surface area contributed by atoms with Gasteiger partial charge < -0.3 is 10.6 Å². The zero-order valence-electron chi connectivity index (χ0n) is 13.6. The van der Waals surface area contributed by atoms with E-state index >= 15 is 0 Å². The Balaban J connectivity index is 2.80. The predicted molar refractivity (Wildman–Crippen MR) is 84.7 cm³/mol. The van der Waals surface area contributed by atoms with Crippen molar-refractivity contribution in [2.24, 2.45) is 11.7 Å². The van der Waals surface area contributed by atoms with Crippen LogP contribution < -0.4 is 5.73 Å². The van der Waals surface area contributed by atoms with Gasteiger partial charge in [-0.2, -0.15) is 0 Å². The van der Waals surface area contributed by atoms with Crippen molar-refractivity contribution in [1.82, 2.24) is 4.90 Å². The van der Waals surface area contributed by atoms with Gasteiger partial charge in [0.2, 0.25) is 5.91 Å². The zero-order chi connectivity index (χ0) is 15.5. The first-order valence-electron chi connectivity index (χ1n) is 7.23. The van der Waals surface area contributed by atoms with E-state index in [1.165, 1.54) is 11.1 Å². The zero-order valence-corrected chi connectivity index (χ0v) is 13.6. The molecule has 2 unspecified atom stereocenters. The fraction of sp³-hybridized carbons (Fsp3) is 0.588. The first kappa shape index (κ1) is 16.7. The largest absolute Gasteiger partial charge is 0.345 e. The Kier molecular flexibility index (Phi) is 5.35. The molecule has 0 bridgehead atoms. The SMILES string of the molecule is Cc1ccc(C(C)(C)CN(C)C(=O)C(C)C(C)N)cc1.